The summed E-state index contributed by atoms with van der Waals surface area (Å²) in [7, 11) is -0.0882. The maximum atomic E-state index is 12.0. The highest BCUT2D eigenvalue weighted by atomic mass is 32.2. The van der Waals surface area contributed by atoms with Crippen LogP contribution in [0.4, 0.5) is 4.79 Å². The van der Waals surface area contributed by atoms with E-state index in [4.69, 9.17) is 4.74 Å². The molecule has 0 radical (unpaired) electrons. The van der Waals surface area contributed by atoms with Crippen LogP contribution in [0.1, 0.15) is 24.8 Å². The first-order valence-electron chi connectivity index (χ1n) is 7.64. The van der Waals surface area contributed by atoms with E-state index in [0.29, 0.717) is 19.3 Å². The Bertz CT molecular complexity index is 680. The zero-order valence-electron chi connectivity index (χ0n) is 13.4. The third-order valence-corrected chi connectivity index (χ3v) is 6.85. The largest absolute Gasteiger partial charge is 0.445 e. The number of alkyl carbamates (subject to hydrolysis) is 1. The van der Waals surface area contributed by atoms with Crippen LogP contribution in [0.5, 0.6) is 0 Å². The Morgan fingerprint density at radius 3 is 2.39 bits per heavy atom. The molecule has 0 saturated heterocycles. The van der Waals surface area contributed by atoms with Crippen LogP contribution in [0.2, 0.25) is 0 Å². The smallest absolute Gasteiger partial charge is 0.407 e. The van der Waals surface area contributed by atoms with Crippen LogP contribution in [0.3, 0.4) is 0 Å². The number of carbonyl (C=O) groups excluding carboxylic acids is 1. The van der Waals surface area contributed by atoms with Gasteiger partial charge in [0, 0.05) is 19.6 Å². The number of nitrogens with zero attached hydrogens (tertiary/aromatic N) is 1. The van der Waals surface area contributed by atoms with Gasteiger partial charge >= 0.3 is 6.09 Å². The molecule has 7 heteroatoms. The molecule has 1 N–H and O–H groups in total. The number of ether oxygens (including phenoxy) is 1. The highest BCUT2D eigenvalue weighted by Crippen LogP contribution is 2.67. The van der Waals surface area contributed by atoms with Gasteiger partial charge < -0.3 is 10.1 Å². The second-order valence-corrected chi connectivity index (χ2v) is 9.22. The Balaban J connectivity index is 1.45. The SMILES string of the molecule is CN(C)S(=O)(=O)CC12CC(NC(=O)OCc3ccccc3)(C1)C2. The Kier molecular flexibility index (Phi) is 3.88. The topological polar surface area (TPSA) is 75.7 Å². The lowest BCUT2D eigenvalue weighted by Crippen LogP contribution is -2.76. The zero-order valence-corrected chi connectivity index (χ0v) is 14.2. The highest BCUT2D eigenvalue weighted by molar-refractivity contribution is 7.89. The lowest BCUT2D eigenvalue weighted by atomic mass is 9.40. The van der Waals surface area contributed by atoms with Gasteiger partial charge in [-0.3, -0.25) is 0 Å². The van der Waals surface area contributed by atoms with E-state index in [2.05, 4.69) is 5.32 Å². The fraction of sp³-hybridized carbons (Fsp3) is 0.562. The van der Waals surface area contributed by atoms with Gasteiger partial charge in [0.05, 0.1) is 5.75 Å². The number of carbonyl (C=O) groups is 1. The first-order chi connectivity index (χ1) is 10.7. The average Bonchev–Trinajstić information content (AvgIpc) is 2.42. The summed E-state index contributed by atoms with van der Waals surface area (Å²) >= 11 is 0. The van der Waals surface area contributed by atoms with Gasteiger partial charge in [-0.1, -0.05) is 30.3 Å². The lowest BCUT2D eigenvalue weighted by molar-refractivity contribution is -0.132. The highest BCUT2D eigenvalue weighted by Gasteiger charge is 2.69. The average molecular weight is 338 g/mol. The predicted molar refractivity (Wildman–Crippen MR) is 86.3 cm³/mol. The Hall–Kier alpha value is -1.60. The van der Waals surface area contributed by atoms with E-state index < -0.39 is 16.1 Å². The van der Waals surface area contributed by atoms with Crippen molar-refractivity contribution in [2.75, 3.05) is 19.8 Å². The van der Waals surface area contributed by atoms with Gasteiger partial charge in [-0.05, 0) is 30.2 Å². The second kappa shape index (κ2) is 5.49. The van der Waals surface area contributed by atoms with Crippen LogP contribution >= 0.6 is 0 Å². The molecule has 0 atom stereocenters. The molecule has 0 aromatic heterocycles. The number of hydrogen-bond donors (Lipinski definition) is 1. The third kappa shape index (κ3) is 3.21. The van der Waals surface area contributed by atoms with E-state index in [1.807, 2.05) is 30.3 Å². The van der Waals surface area contributed by atoms with E-state index in [0.717, 1.165) is 5.56 Å². The summed E-state index contributed by atoms with van der Waals surface area (Å²) in [5.74, 6) is 0.162. The summed E-state index contributed by atoms with van der Waals surface area (Å²) < 4.78 is 30.4. The monoisotopic (exact) mass is 338 g/mol. The van der Waals surface area contributed by atoms with Gasteiger partial charge in [0.1, 0.15) is 6.61 Å². The maximum absolute atomic E-state index is 12.0. The van der Waals surface area contributed by atoms with Gasteiger partial charge in [0.15, 0.2) is 0 Å². The quantitative estimate of drug-likeness (QED) is 0.857. The van der Waals surface area contributed by atoms with Crippen LogP contribution in [0.15, 0.2) is 30.3 Å². The van der Waals surface area contributed by atoms with Crippen LogP contribution in [0.25, 0.3) is 0 Å². The van der Waals surface area contributed by atoms with Gasteiger partial charge in [-0.2, -0.15) is 0 Å². The Labute approximate surface area is 136 Å². The van der Waals surface area contributed by atoms with Crippen molar-refractivity contribution in [1.82, 2.24) is 9.62 Å². The fourth-order valence-electron chi connectivity index (χ4n) is 3.78. The Morgan fingerprint density at radius 2 is 1.83 bits per heavy atom. The van der Waals surface area contributed by atoms with Gasteiger partial charge in [0.2, 0.25) is 10.0 Å². The van der Waals surface area contributed by atoms with Crippen molar-refractivity contribution >= 4 is 16.1 Å². The van der Waals surface area contributed by atoms with Crippen molar-refractivity contribution in [3.8, 4) is 0 Å². The molecule has 23 heavy (non-hydrogen) atoms. The number of nitrogens with one attached hydrogen (secondary N) is 1. The maximum Gasteiger partial charge on any atom is 0.407 e. The van der Waals surface area contributed by atoms with Gasteiger partial charge in [-0.25, -0.2) is 17.5 Å². The van der Waals surface area contributed by atoms with Crippen molar-refractivity contribution in [3.63, 3.8) is 0 Å². The van der Waals surface area contributed by atoms with Crippen LogP contribution in [0, 0.1) is 5.41 Å². The van der Waals surface area contributed by atoms with Crippen molar-refractivity contribution in [2.45, 2.75) is 31.4 Å². The summed E-state index contributed by atoms with van der Waals surface area (Å²) in [4.78, 5) is 11.9. The molecule has 1 aromatic rings. The van der Waals surface area contributed by atoms with Crippen molar-refractivity contribution in [2.24, 2.45) is 5.41 Å². The molecule has 1 amide bonds. The van der Waals surface area contributed by atoms with Crippen molar-refractivity contribution in [1.29, 1.82) is 0 Å². The summed E-state index contributed by atoms with van der Waals surface area (Å²) in [6.07, 6.45) is 1.71. The summed E-state index contributed by atoms with van der Waals surface area (Å²) in [5.41, 5.74) is 0.527. The lowest BCUT2D eigenvalue weighted by Gasteiger charge is -2.70. The molecule has 3 aliphatic carbocycles. The molecule has 6 nitrogen and oxygen atoms in total. The van der Waals surface area contributed by atoms with Gasteiger partial charge in [-0.15, -0.1) is 0 Å². The first-order valence-corrected chi connectivity index (χ1v) is 9.24. The molecule has 0 unspecified atom stereocenters. The number of rotatable bonds is 6. The molecule has 126 valence electrons. The molecule has 3 aliphatic rings. The minimum absolute atomic E-state index is 0.157. The minimum Gasteiger partial charge on any atom is -0.445 e. The molecule has 3 saturated carbocycles. The molecule has 0 heterocycles. The summed E-state index contributed by atoms with van der Waals surface area (Å²) in [6, 6.07) is 9.50. The molecule has 0 spiro atoms. The second-order valence-electron chi connectivity index (χ2n) is 7.04. The number of sulfonamides is 1. The summed E-state index contributed by atoms with van der Waals surface area (Å²) in [5, 5.41) is 2.90. The van der Waals surface area contributed by atoms with Gasteiger partial charge in [0.25, 0.3) is 0 Å². The normalized spacial score (nSPS) is 28.7. The molecule has 4 rings (SSSR count). The van der Waals surface area contributed by atoms with Crippen molar-refractivity contribution in [3.05, 3.63) is 35.9 Å². The predicted octanol–water partition coefficient (Wildman–Crippen LogP) is 1.73. The number of hydrogen-bond acceptors (Lipinski definition) is 4. The number of benzene rings is 1. The van der Waals surface area contributed by atoms with Crippen LogP contribution in [-0.4, -0.2) is 44.2 Å². The van der Waals surface area contributed by atoms with Crippen LogP contribution in [-0.2, 0) is 21.4 Å². The van der Waals surface area contributed by atoms with Crippen LogP contribution < -0.4 is 5.32 Å². The van der Waals surface area contributed by atoms with E-state index in [1.165, 1.54) is 4.31 Å². The van der Waals surface area contributed by atoms with E-state index >= 15 is 0 Å². The standard InChI is InChI=1S/C16H22N2O4S/c1-18(2)23(20,21)12-15-9-16(10-15,11-15)17-14(19)22-8-13-6-4-3-5-7-13/h3-7H,8-12H2,1-2H3,(H,17,19). The molecular formula is C16H22N2O4S. The van der Waals surface area contributed by atoms with E-state index in [9.17, 15) is 13.2 Å². The van der Waals surface area contributed by atoms with E-state index in [-0.39, 0.29) is 23.3 Å². The first kappa shape index (κ1) is 16.3. The number of amides is 1. The molecule has 3 fully saturated rings. The minimum atomic E-state index is -3.19. The third-order valence-electron chi connectivity index (χ3n) is 4.77. The zero-order chi connectivity index (χ0) is 16.7. The fourth-order valence-corrected chi connectivity index (χ4v) is 5.11. The van der Waals surface area contributed by atoms with E-state index in [1.54, 1.807) is 14.1 Å². The van der Waals surface area contributed by atoms with Crippen molar-refractivity contribution < 1.29 is 17.9 Å². The molecule has 2 bridgehead atoms. The Morgan fingerprint density at radius 1 is 1.22 bits per heavy atom. The molecule has 1 aromatic carbocycles. The summed E-state index contributed by atoms with van der Waals surface area (Å²) in [6.45, 7) is 0.239. The molecule has 0 aliphatic heterocycles. The molecular weight excluding hydrogens is 316 g/mol.